The van der Waals surface area contributed by atoms with Crippen molar-refractivity contribution in [3.63, 3.8) is 0 Å². The molecule has 1 N–H and O–H groups in total. The minimum Gasteiger partial charge on any atom is -0.373 e. The second-order valence-corrected chi connectivity index (χ2v) is 4.25. The quantitative estimate of drug-likeness (QED) is 0.736. The third-order valence-electron chi connectivity index (χ3n) is 3.39. The summed E-state index contributed by atoms with van der Waals surface area (Å²) in [5.74, 6) is 1.80. The average molecular weight is 190 g/mol. The molecule has 2 rings (SSSR count). The Labute approximate surface area is 85.7 Å². The topological polar surface area (TPSA) is 24.9 Å². The molecule has 0 bridgehead atoms. The Hall–Kier alpha value is -1.05. The van der Waals surface area contributed by atoms with Gasteiger partial charge in [-0.3, -0.25) is 0 Å². The lowest BCUT2D eigenvalue weighted by Crippen LogP contribution is -2.04. The van der Waals surface area contributed by atoms with Gasteiger partial charge in [0.15, 0.2) is 0 Å². The maximum absolute atomic E-state index is 4.59. The van der Waals surface area contributed by atoms with E-state index in [0.717, 1.165) is 5.82 Å². The standard InChI is InChI=1S/C12H18N2/c1-7-5-6-10-11(7)8(2)9(3)14-12(10)13-4/h7H,5-6H2,1-4H3,(H,13,14). The lowest BCUT2D eigenvalue weighted by atomic mass is 9.97. The van der Waals surface area contributed by atoms with E-state index in [4.69, 9.17) is 0 Å². The van der Waals surface area contributed by atoms with Crippen LogP contribution in [0.15, 0.2) is 0 Å². The van der Waals surface area contributed by atoms with E-state index in [1.54, 1.807) is 5.56 Å². The molecule has 2 heteroatoms. The zero-order valence-electron chi connectivity index (χ0n) is 9.44. The molecular formula is C12H18N2. The summed E-state index contributed by atoms with van der Waals surface area (Å²) in [6, 6.07) is 0. The van der Waals surface area contributed by atoms with Crippen molar-refractivity contribution in [3.05, 3.63) is 22.4 Å². The third-order valence-corrected chi connectivity index (χ3v) is 3.39. The molecule has 1 unspecified atom stereocenters. The van der Waals surface area contributed by atoms with Crippen molar-refractivity contribution < 1.29 is 0 Å². The first kappa shape index (κ1) is 9.50. The van der Waals surface area contributed by atoms with Crippen LogP contribution in [-0.2, 0) is 6.42 Å². The highest BCUT2D eigenvalue weighted by molar-refractivity contribution is 5.56. The lowest BCUT2D eigenvalue weighted by Gasteiger charge is -2.14. The van der Waals surface area contributed by atoms with Crippen molar-refractivity contribution in [2.75, 3.05) is 12.4 Å². The van der Waals surface area contributed by atoms with Crippen molar-refractivity contribution in [3.8, 4) is 0 Å². The Morgan fingerprint density at radius 2 is 2.07 bits per heavy atom. The van der Waals surface area contributed by atoms with Crippen molar-refractivity contribution in [2.45, 2.75) is 39.5 Å². The molecule has 0 saturated heterocycles. The van der Waals surface area contributed by atoms with Crippen LogP contribution in [0.25, 0.3) is 0 Å². The number of rotatable bonds is 1. The van der Waals surface area contributed by atoms with Crippen LogP contribution in [-0.4, -0.2) is 12.0 Å². The van der Waals surface area contributed by atoms with E-state index in [0.29, 0.717) is 5.92 Å². The van der Waals surface area contributed by atoms with Gasteiger partial charge in [-0.05, 0) is 49.3 Å². The zero-order valence-corrected chi connectivity index (χ0v) is 9.44. The molecule has 1 heterocycles. The van der Waals surface area contributed by atoms with Gasteiger partial charge in [-0.15, -0.1) is 0 Å². The van der Waals surface area contributed by atoms with Crippen molar-refractivity contribution in [2.24, 2.45) is 0 Å². The summed E-state index contributed by atoms with van der Waals surface area (Å²) in [6.07, 6.45) is 2.46. The Morgan fingerprint density at radius 1 is 1.36 bits per heavy atom. The highest BCUT2D eigenvalue weighted by atomic mass is 15.0. The monoisotopic (exact) mass is 190 g/mol. The Bertz CT molecular complexity index is 369. The van der Waals surface area contributed by atoms with Gasteiger partial charge in [-0.25, -0.2) is 4.98 Å². The molecule has 14 heavy (non-hydrogen) atoms. The lowest BCUT2D eigenvalue weighted by molar-refractivity contribution is 0.743. The highest BCUT2D eigenvalue weighted by Crippen LogP contribution is 2.38. The molecule has 76 valence electrons. The molecule has 0 spiro atoms. The number of hydrogen-bond donors (Lipinski definition) is 1. The second-order valence-electron chi connectivity index (χ2n) is 4.25. The van der Waals surface area contributed by atoms with Crippen LogP contribution in [0.1, 0.15) is 41.6 Å². The second kappa shape index (κ2) is 3.26. The Morgan fingerprint density at radius 3 is 2.71 bits per heavy atom. The molecule has 0 amide bonds. The molecule has 1 atom stereocenters. The van der Waals surface area contributed by atoms with Gasteiger partial charge in [0.1, 0.15) is 5.82 Å². The fourth-order valence-electron chi connectivity index (χ4n) is 2.50. The van der Waals surface area contributed by atoms with E-state index in [1.165, 1.54) is 29.7 Å². The summed E-state index contributed by atoms with van der Waals surface area (Å²) < 4.78 is 0. The molecule has 1 aromatic heterocycles. The first-order valence-corrected chi connectivity index (χ1v) is 5.33. The average Bonchev–Trinajstić information content (AvgIpc) is 2.54. The fourth-order valence-corrected chi connectivity index (χ4v) is 2.50. The van der Waals surface area contributed by atoms with Crippen LogP contribution < -0.4 is 5.32 Å². The number of nitrogens with zero attached hydrogens (tertiary/aromatic N) is 1. The summed E-state index contributed by atoms with van der Waals surface area (Å²) in [4.78, 5) is 4.59. The molecule has 0 saturated carbocycles. The number of hydrogen-bond acceptors (Lipinski definition) is 2. The van der Waals surface area contributed by atoms with Gasteiger partial charge >= 0.3 is 0 Å². The minimum absolute atomic E-state index is 0.707. The summed E-state index contributed by atoms with van der Waals surface area (Å²) in [5.41, 5.74) is 5.55. The van der Waals surface area contributed by atoms with Crippen LogP contribution in [0.5, 0.6) is 0 Å². The Kier molecular flexibility index (Phi) is 2.22. The first-order valence-electron chi connectivity index (χ1n) is 5.33. The fraction of sp³-hybridized carbons (Fsp3) is 0.583. The number of aryl methyl sites for hydroxylation is 1. The van der Waals surface area contributed by atoms with E-state index >= 15 is 0 Å². The van der Waals surface area contributed by atoms with Crippen molar-refractivity contribution >= 4 is 5.82 Å². The summed E-state index contributed by atoms with van der Waals surface area (Å²) in [5, 5.41) is 3.20. The van der Waals surface area contributed by atoms with Crippen LogP contribution >= 0.6 is 0 Å². The van der Waals surface area contributed by atoms with Crippen LogP contribution in [0.4, 0.5) is 5.82 Å². The molecule has 0 fully saturated rings. The van der Waals surface area contributed by atoms with Crippen LogP contribution in [0.2, 0.25) is 0 Å². The molecule has 0 radical (unpaired) electrons. The maximum atomic E-state index is 4.59. The summed E-state index contributed by atoms with van der Waals surface area (Å²) in [6.45, 7) is 6.61. The first-order chi connectivity index (χ1) is 6.65. The largest absolute Gasteiger partial charge is 0.373 e. The van der Waals surface area contributed by atoms with Gasteiger partial charge in [0.05, 0.1) is 0 Å². The molecule has 1 aliphatic carbocycles. The highest BCUT2D eigenvalue weighted by Gasteiger charge is 2.24. The van der Waals surface area contributed by atoms with Crippen molar-refractivity contribution in [1.29, 1.82) is 0 Å². The van der Waals surface area contributed by atoms with Gasteiger partial charge in [-0.1, -0.05) is 6.92 Å². The summed E-state index contributed by atoms with van der Waals surface area (Å²) in [7, 11) is 1.96. The van der Waals surface area contributed by atoms with E-state index in [9.17, 15) is 0 Å². The van der Waals surface area contributed by atoms with Gasteiger partial charge in [0, 0.05) is 12.7 Å². The molecule has 2 nitrogen and oxygen atoms in total. The molecule has 0 aromatic carbocycles. The van der Waals surface area contributed by atoms with E-state index < -0.39 is 0 Å². The van der Waals surface area contributed by atoms with E-state index in [-0.39, 0.29) is 0 Å². The molecule has 0 aliphatic heterocycles. The number of anilines is 1. The van der Waals surface area contributed by atoms with Gasteiger partial charge in [0.2, 0.25) is 0 Å². The third kappa shape index (κ3) is 1.21. The normalized spacial score (nSPS) is 19.6. The molecule has 1 aliphatic rings. The van der Waals surface area contributed by atoms with Crippen molar-refractivity contribution in [1.82, 2.24) is 4.98 Å². The number of pyridine rings is 1. The van der Waals surface area contributed by atoms with Gasteiger partial charge in [-0.2, -0.15) is 0 Å². The van der Waals surface area contributed by atoms with Crippen LogP contribution in [0, 0.1) is 13.8 Å². The van der Waals surface area contributed by atoms with Gasteiger partial charge < -0.3 is 5.32 Å². The molecular weight excluding hydrogens is 172 g/mol. The number of fused-ring (bicyclic) bond motifs is 1. The summed E-state index contributed by atoms with van der Waals surface area (Å²) >= 11 is 0. The van der Waals surface area contributed by atoms with E-state index in [2.05, 4.69) is 31.1 Å². The molecule has 1 aromatic rings. The van der Waals surface area contributed by atoms with Crippen LogP contribution in [0.3, 0.4) is 0 Å². The smallest absolute Gasteiger partial charge is 0.129 e. The number of nitrogens with one attached hydrogen (secondary N) is 1. The predicted molar refractivity (Wildman–Crippen MR) is 60.0 cm³/mol. The Balaban J connectivity index is 2.66. The minimum atomic E-state index is 0.707. The zero-order chi connectivity index (χ0) is 10.3. The number of aromatic nitrogens is 1. The predicted octanol–water partition coefficient (Wildman–Crippen LogP) is 2.79. The van der Waals surface area contributed by atoms with E-state index in [1.807, 2.05) is 7.05 Å². The SMILES string of the molecule is CNc1nc(C)c(C)c2c1CCC2C. The van der Waals surface area contributed by atoms with Gasteiger partial charge in [0.25, 0.3) is 0 Å². The maximum Gasteiger partial charge on any atom is 0.129 e.